The highest BCUT2D eigenvalue weighted by Gasteiger charge is 2.44. The van der Waals surface area contributed by atoms with Gasteiger partial charge in [-0.25, -0.2) is 9.40 Å². The van der Waals surface area contributed by atoms with Gasteiger partial charge in [-0.3, -0.25) is 25.0 Å². The van der Waals surface area contributed by atoms with Crippen LogP contribution in [0.15, 0.2) is 83.5 Å². The van der Waals surface area contributed by atoms with Crippen molar-refractivity contribution in [3.63, 3.8) is 0 Å². The number of carbonyl (C=O) groups is 1. The number of allylic oxidation sites excluding steroid dienone is 1. The van der Waals surface area contributed by atoms with Gasteiger partial charge in [-0.05, 0) is 54.2 Å². The molecule has 39 heavy (non-hydrogen) atoms. The number of amides is 1. The highest BCUT2D eigenvalue weighted by atomic mass is 19.1. The SMILES string of the molecule is O=C(COc1ccccc1F)N1N=C2/C(=C/c3cccc([N+](=O)[O-])c3)CCC[C@@H]2[C@H]1c1cccc([N+](=O)[O-])c1. The Hall–Kier alpha value is -4.93. The van der Waals surface area contributed by atoms with Gasteiger partial charge in [0.25, 0.3) is 17.3 Å². The van der Waals surface area contributed by atoms with Crippen molar-refractivity contribution < 1.29 is 23.8 Å². The van der Waals surface area contributed by atoms with Gasteiger partial charge in [0.15, 0.2) is 18.2 Å². The molecule has 1 aliphatic carbocycles. The van der Waals surface area contributed by atoms with Crippen molar-refractivity contribution in [2.75, 3.05) is 6.61 Å². The molecule has 0 radical (unpaired) electrons. The molecule has 0 spiro atoms. The first-order valence-corrected chi connectivity index (χ1v) is 12.3. The number of fused-ring (bicyclic) bond motifs is 1. The maximum atomic E-state index is 14.1. The number of nitrogens with zero attached hydrogens (tertiary/aromatic N) is 4. The van der Waals surface area contributed by atoms with E-state index >= 15 is 0 Å². The summed E-state index contributed by atoms with van der Waals surface area (Å²) in [6.07, 6.45) is 3.92. The van der Waals surface area contributed by atoms with Crippen molar-refractivity contribution in [3.8, 4) is 5.75 Å². The Kier molecular flexibility index (Phi) is 7.13. The second kappa shape index (κ2) is 10.8. The van der Waals surface area contributed by atoms with Gasteiger partial charge in [-0.15, -0.1) is 0 Å². The smallest absolute Gasteiger partial charge is 0.281 e. The van der Waals surface area contributed by atoms with Gasteiger partial charge in [0.05, 0.1) is 21.6 Å². The van der Waals surface area contributed by atoms with Crippen LogP contribution >= 0.6 is 0 Å². The summed E-state index contributed by atoms with van der Waals surface area (Å²) in [5, 5.41) is 28.6. The van der Waals surface area contributed by atoms with Crippen LogP contribution in [0.4, 0.5) is 15.8 Å². The molecule has 0 N–H and O–H groups in total. The molecule has 5 rings (SSSR count). The summed E-state index contributed by atoms with van der Waals surface area (Å²) in [6.45, 7) is -0.486. The summed E-state index contributed by atoms with van der Waals surface area (Å²) in [5.41, 5.74) is 2.49. The van der Waals surface area contributed by atoms with Crippen LogP contribution in [0, 0.1) is 32.0 Å². The number of halogens is 1. The van der Waals surface area contributed by atoms with E-state index in [1.54, 1.807) is 30.3 Å². The number of rotatable bonds is 7. The van der Waals surface area contributed by atoms with Crippen LogP contribution in [0.5, 0.6) is 5.75 Å². The summed E-state index contributed by atoms with van der Waals surface area (Å²) < 4.78 is 19.5. The molecular weight excluding hydrogens is 507 g/mol. The molecule has 1 saturated carbocycles. The van der Waals surface area contributed by atoms with Crippen LogP contribution in [-0.4, -0.2) is 33.1 Å². The number of ether oxygens (including phenoxy) is 1. The van der Waals surface area contributed by atoms with E-state index in [4.69, 9.17) is 4.74 Å². The van der Waals surface area contributed by atoms with E-state index in [1.807, 2.05) is 6.08 Å². The number of non-ortho nitro benzene ring substituents is 2. The van der Waals surface area contributed by atoms with E-state index < -0.39 is 34.2 Å². The highest BCUT2D eigenvalue weighted by Crippen LogP contribution is 2.45. The number of nitro benzene ring substituents is 2. The Morgan fingerprint density at radius 2 is 1.74 bits per heavy atom. The first-order valence-electron chi connectivity index (χ1n) is 12.3. The van der Waals surface area contributed by atoms with E-state index in [0.717, 1.165) is 12.0 Å². The number of hydrogen-bond acceptors (Lipinski definition) is 7. The molecule has 11 heteroatoms. The monoisotopic (exact) mass is 530 g/mol. The summed E-state index contributed by atoms with van der Waals surface area (Å²) in [6, 6.07) is 17.4. The molecule has 2 atom stereocenters. The minimum absolute atomic E-state index is 0.0401. The fourth-order valence-corrected chi connectivity index (χ4v) is 5.06. The topological polar surface area (TPSA) is 128 Å². The van der Waals surface area contributed by atoms with Crippen molar-refractivity contribution in [2.24, 2.45) is 11.0 Å². The average Bonchev–Trinajstić information content (AvgIpc) is 3.33. The van der Waals surface area contributed by atoms with Crippen molar-refractivity contribution in [2.45, 2.75) is 25.3 Å². The van der Waals surface area contributed by atoms with Crippen molar-refractivity contribution >= 4 is 29.1 Å². The number of hydrogen-bond donors (Lipinski definition) is 0. The third-order valence-corrected chi connectivity index (χ3v) is 6.79. The van der Waals surface area contributed by atoms with Crippen LogP contribution < -0.4 is 4.74 Å². The molecule has 3 aromatic rings. The molecule has 0 aromatic heterocycles. The summed E-state index contributed by atoms with van der Waals surface area (Å²) in [7, 11) is 0. The van der Waals surface area contributed by atoms with Crippen molar-refractivity contribution in [3.05, 3.63) is 116 Å². The molecular formula is C28H23FN4O6. The number of para-hydroxylation sites is 1. The fraction of sp³-hybridized carbons (Fsp3) is 0.214. The first-order chi connectivity index (χ1) is 18.8. The Bertz CT molecular complexity index is 1520. The zero-order chi connectivity index (χ0) is 27.5. The van der Waals surface area contributed by atoms with E-state index in [1.165, 1.54) is 47.5 Å². The third-order valence-electron chi connectivity index (χ3n) is 6.79. The lowest BCUT2D eigenvalue weighted by Crippen LogP contribution is -2.34. The quantitative estimate of drug-likeness (QED) is 0.279. The van der Waals surface area contributed by atoms with Gasteiger partial charge in [0, 0.05) is 30.2 Å². The largest absolute Gasteiger partial charge is 0.481 e. The molecule has 0 saturated heterocycles. The lowest BCUT2D eigenvalue weighted by molar-refractivity contribution is -0.385. The minimum atomic E-state index is -0.634. The van der Waals surface area contributed by atoms with Gasteiger partial charge >= 0.3 is 0 Å². The molecule has 1 heterocycles. The van der Waals surface area contributed by atoms with E-state index in [0.29, 0.717) is 29.7 Å². The summed E-state index contributed by atoms with van der Waals surface area (Å²) in [5.74, 6) is -1.48. The Balaban J connectivity index is 1.51. The number of benzene rings is 3. The standard InChI is InChI=1S/C28H23FN4O6/c29-24-12-1-2-13-25(24)39-17-26(34)31-28(20-8-4-10-22(16-20)33(37)38)23-11-5-7-19(27(23)30-31)14-18-6-3-9-21(15-18)32(35)36/h1-4,6,8-10,12-16,23,28H,5,7,11,17H2/b19-14+/t23-,28+/m0/s1. The predicted octanol–water partition coefficient (Wildman–Crippen LogP) is 5.84. The number of nitro groups is 2. The normalized spacial score (nSPS) is 19.4. The Morgan fingerprint density at radius 3 is 2.49 bits per heavy atom. The van der Waals surface area contributed by atoms with E-state index in [9.17, 15) is 29.4 Å². The molecule has 1 amide bonds. The molecule has 198 valence electrons. The Morgan fingerprint density at radius 1 is 1.03 bits per heavy atom. The fourth-order valence-electron chi connectivity index (χ4n) is 5.06. The first kappa shape index (κ1) is 25.7. The zero-order valence-electron chi connectivity index (χ0n) is 20.6. The van der Waals surface area contributed by atoms with E-state index in [2.05, 4.69) is 5.10 Å². The third kappa shape index (κ3) is 5.37. The van der Waals surface area contributed by atoms with Gasteiger partial charge in [0.1, 0.15) is 0 Å². The second-order valence-electron chi connectivity index (χ2n) is 9.26. The molecule has 1 aliphatic heterocycles. The van der Waals surface area contributed by atoms with Crippen LogP contribution in [0.1, 0.15) is 36.4 Å². The maximum absolute atomic E-state index is 14.1. The lowest BCUT2D eigenvalue weighted by Gasteiger charge is -2.29. The van der Waals surface area contributed by atoms with Crippen LogP contribution in [0.3, 0.4) is 0 Å². The number of hydrazone groups is 1. The molecule has 10 nitrogen and oxygen atoms in total. The Labute approximate surface area is 222 Å². The summed E-state index contributed by atoms with van der Waals surface area (Å²) in [4.78, 5) is 35.2. The number of carbonyl (C=O) groups excluding carboxylic acids is 1. The molecule has 0 unspecified atom stereocenters. The minimum Gasteiger partial charge on any atom is -0.481 e. The average molecular weight is 531 g/mol. The highest BCUT2D eigenvalue weighted by molar-refractivity contribution is 6.08. The van der Waals surface area contributed by atoms with Gasteiger partial charge < -0.3 is 4.74 Å². The van der Waals surface area contributed by atoms with E-state index in [-0.39, 0.29) is 23.0 Å². The van der Waals surface area contributed by atoms with Crippen molar-refractivity contribution in [1.82, 2.24) is 5.01 Å². The molecule has 1 fully saturated rings. The molecule has 2 aliphatic rings. The predicted molar refractivity (Wildman–Crippen MR) is 140 cm³/mol. The summed E-state index contributed by atoms with van der Waals surface area (Å²) >= 11 is 0. The zero-order valence-corrected chi connectivity index (χ0v) is 20.6. The van der Waals surface area contributed by atoms with Gasteiger partial charge in [-0.2, -0.15) is 5.10 Å². The lowest BCUT2D eigenvalue weighted by atomic mass is 9.77. The van der Waals surface area contributed by atoms with Gasteiger partial charge in [-0.1, -0.05) is 36.4 Å². The van der Waals surface area contributed by atoms with Crippen LogP contribution in [0.25, 0.3) is 6.08 Å². The second-order valence-corrected chi connectivity index (χ2v) is 9.26. The molecule has 0 bridgehead atoms. The van der Waals surface area contributed by atoms with Crippen molar-refractivity contribution in [1.29, 1.82) is 0 Å². The van der Waals surface area contributed by atoms with Crippen LogP contribution in [0.2, 0.25) is 0 Å². The van der Waals surface area contributed by atoms with Gasteiger partial charge in [0.2, 0.25) is 0 Å². The maximum Gasteiger partial charge on any atom is 0.281 e. The molecule has 3 aromatic carbocycles. The van der Waals surface area contributed by atoms with Crippen LogP contribution in [-0.2, 0) is 4.79 Å².